The van der Waals surface area contributed by atoms with Gasteiger partial charge in [-0.3, -0.25) is 9.59 Å². The molecular weight excluding hydrogens is 468 g/mol. The number of amides is 2. The van der Waals surface area contributed by atoms with Crippen molar-refractivity contribution >= 4 is 29.4 Å². The fourth-order valence-electron chi connectivity index (χ4n) is 4.76. The Morgan fingerprint density at radius 2 is 1.81 bits per heavy atom. The molecule has 0 spiro atoms. The number of fused-ring (bicyclic) bond motifs is 1. The second-order valence-electron chi connectivity index (χ2n) is 9.43. The second-order valence-corrected chi connectivity index (χ2v) is 9.43. The number of aliphatic hydroxyl groups excluding tert-OH is 1. The highest BCUT2D eigenvalue weighted by Gasteiger charge is 2.25. The van der Waals surface area contributed by atoms with E-state index in [9.17, 15) is 14.7 Å². The van der Waals surface area contributed by atoms with E-state index in [1.165, 1.54) is 0 Å². The zero-order valence-corrected chi connectivity index (χ0v) is 21.4. The number of benzene rings is 2. The largest absolute Gasteiger partial charge is 0.391 e. The van der Waals surface area contributed by atoms with Gasteiger partial charge in [-0.1, -0.05) is 43.3 Å². The highest BCUT2D eigenvalue weighted by Crippen LogP contribution is 2.33. The predicted molar refractivity (Wildman–Crippen MR) is 144 cm³/mol. The summed E-state index contributed by atoms with van der Waals surface area (Å²) in [6.45, 7) is 6.44. The number of hydrogen-bond donors (Lipinski definition) is 2. The Balaban J connectivity index is 1.62. The molecule has 1 saturated heterocycles. The van der Waals surface area contributed by atoms with Crippen LogP contribution in [0.15, 0.2) is 63.4 Å². The SMILES string of the molecule is CCCN(CCC)C(=O)C1=Cc2ccc(-c3ccc(C(=O)N4CC[C@@H](O)C4)cc3)cc2N=C(N=NN)C1. The summed E-state index contributed by atoms with van der Waals surface area (Å²) in [7, 11) is 0. The Morgan fingerprint density at radius 1 is 1.11 bits per heavy atom. The fourth-order valence-corrected chi connectivity index (χ4v) is 4.76. The molecule has 4 rings (SSSR count). The summed E-state index contributed by atoms with van der Waals surface area (Å²) < 4.78 is 0. The molecule has 2 aliphatic rings. The minimum atomic E-state index is -0.446. The average molecular weight is 503 g/mol. The van der Waals surface area contributed by atoms with Gasteiger partial charge in [0.25, 0.3) is 5.91 Å². The molecule has 0 aromatic heterocycles. The number of likely N-dealkylation sites (tertiary alicyclic amines) is 1. The summed E-state index contributed by atoms with van der Waals surface area (Å²) in [6.07, 6.45) is 4.06. The van der Waals surface area contributed by atoms with Crippen LogP contribution in [0.4, 0.5) is 5.69 Å². The summed E-state index contributed by atoms with van der Waals surface area (Å²) >= 11 is 0. The third-order valence-electron chi connectivity index (χ3n) is 6.60. The topological polar surface area (TPSA) is 124 Å². The first-order valence-corrected chi connectivity index (χ1v) is 12.8. The van der Waals surface area contributed by atoms with Gasteiger partial charge in [0, 0.05) is 49.3 Å². The van der Waals surface area contributed by atoms with Gasteiger partial charge >= 0.3 is 0 Å². The van der Waals surface area contributed by atoms with Crippen LogP contribution in [0, 0.1) is 0 Å². The van der Waals surface area contributed by atoms with Crippen molar-refractivity contribution < 1.29 is 14.7 Å². The van der Waals surface area contributed by atoms with Gasteiger partial charge in [-0.15, -0.1) is 5.11 Å². The Hall–Kier alpha value is -3.85. The number of nitrogens with zero attached hydrogens (tertiary/aromatic N) is 5. The van der Waals surface area contributed by atoms with Crippen LogP contribution in [-0.2, 0) is 4.79 Å². The Bertz CT molecular complexity index is 1230. The van der Waals surface area contributed by atoms with Crippen molar-refractivity contribution in [3.63, 3.8) is 0 Å². The lowest BCUT2D eigenvalue weighted by Crippen LogP contribution is -2.34. The number of rotatable bonds is 7. The van der Waals surface area contributed by atoms with E-state index in [0.29, 0.717) is 55.3 Å². The molecule has 0 saturated carbocycles. The lowest BCUT2D eigenvalue weighted by Gasteiger charge is -2.22. The molecule has 1 fully saturated rings. The third-order valence-corrected chi connectivity index (χ3v) is 6.60. The van der Waals surface area contributed by atoms with Gasteiger partial charge in [0.2, 0.25) is 5.91 Å². The van der Waals surface area contributed by atoms with Gasteiger partial charge < -0.3 is 20.7 Å². The molecule has 1 atom stereocenters. The number of aliphatic imine (C=N–C) groups is 1. The fraction of sp³-hybridized carbons (Fsp3) is 0.393. The predicted octanol–water partition coefficient (Wildman–Crippen LogP) is 4.35. The number of aliphatic hydroxyl groups is 1. The Kier molecular flexibility index (Phi) is 8.45. The standard InChI is InChI=1S/C28H34N6O3/c1-3-12-33(13-4-2)28(37)23-15-22-10-9-21(16-25(22)30-26(17-23)31-32-29)19-5-7-20(8-6-19)27(36)34-14-11-24(35)18-34/h5-10,15-16,24,35H,3-4,11-14,17-18H2,1-2H3,(H2,29,30,31)/t24-/m1/s1. The number of hydrogen-bond acceptors (Lipinski definition) is 6. The van der Waals surface area contributed by atoms with Gasteiger partial charge in [0.05, 0.1) is 11.8 Å². The molecule has 3 N–H and O–H groups in total. The van der Waals surface area contributed by atoms with E-state index in [-0.39, 0.29) is 18.2 Å². The first-order chi connectivity index (χ1) is 17.9. The summed E-state index contributed by atoms with van der Waals surface area (Å²) in [5.74, 6) is 5.62. The van der Waals surface area contributed by atoms with E-state index >= 15 is 0 Å². The van der Waals surface area contributed by atoms with E-state index in [1.54, 1.807) is 17.0 Å². The van der Waals surface area contributed by atoms with Crippen LogP contribution in [0.5, 0.6) is 0 Å². The molecule has 0 radical (unpaired) electrons. The van der Waals surface area contributed by atoms with Crippen molar-refractivity contribution in [2.24, 2.45) is 21.2 Å². The average Bonchev–Trinajstić information content (AvgIpc) is 3.25. The molecule has 2 aromatic carbocycles. The van der Waals surface area contributed by atoms with Crippen molar-refractivity contribution in [3.8, 4) is 11.1 Å². The molecule has 9 nitrogen and oxygen atoms in total. The van der Waals surface area contributed by atoms with Crippen molar-refractivity contribution in [1.82, 2.24) is 9.80 Å². The minimum absolute atomic E-state index is 0.0219. The first kappa shape index (κ1) is 26.2. The van der Waals surface area contributed by atoms with Crippen LogP contribution >= 0.6 is 0 Å². The van der Waals surface area contributed by atoms with E-state index in [4.69, 9.17) is 5.84 Å². The lowest BCUT2D eigenvalue weighted by molar-refractivity contribution is -0.127. The van der Waals surface area contributed by atoms with Crippen LogP contribution in [0.3, 0.4) is 0 Å². The zero-order valence-electron chi connectivity index (χ0n) is 21.4. The van der Waals surface area contributed by atoms with E-state index in [2.05, 4.69) is 29.2 Å². The van der Waals surface area contributed by atoms with Crippen molar-refractivity contribution in [2.75, 3.05) is 26.2 Å². The molecule has 2 aliphatic heterocycles. The molecule has 2 amide bonds. The Labute approximate surface area is 217 Å². The van der Waals surface area contributed by atoms with Crippen LogP contribution in [-0.4, -0.2) is 64.8 Å². The van der Waals surface area contributed by atoms with Gasteiger partial charge in [0.15, 0.2) is 5.84 Å². The molecular formula is C28H34N6O3. The molecule has 0 bridgehead atoms. The molecule has 2 aromatic rings. The number of carbonyl (C=O) groups excluding carboxylic acids is 2. The highest BCUT2D eigenvalue weighted by atomic mass is 16.3. The minimum Gasteiger partial charge on any atom is -0.391 e. The molecule has 0 aliphatic carbocycles. The normalized spacial score (nSPS) is 17.3. The summed E-state index contributed by atoms with van der Waals surface area (Å²) in [5, 5.41) is 17.1. The molecule has 37 heavy (non-hydrogen) atoms. The van der Waals surface area contributed by atoms with Crippen LogP contribution in [0.1, 0.15) is 55.5 Å². The molecule has 194 valence electrons. The van der Waals surface area contributed by atoms with Crippen LogP contribution in [0.2, 0.25) is 0 Å². The van der Waals surface area contributed by atoms with Gasteiger partial charge in [-0.05, 0) is 54.7 Å². The van der Waals surface area contributed by atoms with Crippen LogP contribution in [0.25, 0.3) is 17.2 Å². The maximum atomic E-state index is 13.3. The van der Waals surface area contributed by atoms with Gasteiger partial charge in [-0.25, -0.2) is 4.99 Å². The molecule has 0 unspecified atom stereocenters. The number of nitrogens with two attached hydrogens (primary N) is 1. The van der Waals surface area contributed by atoms with Gasteiger partial charge in [-0.2, -0.15) is 0 Å². The number of amidine groups is 1. The van der Waals surface area contributed by atoms with Crippen molar-refractivity contribution in [2.45, 2.75) is 45.6 Å². The van der Waals surface area contributed by atoms with E-state index < -0.39 is 6.10 Å². The smallest absolute Gasteiger partial charge is 0.253 e. The van der Waals surface area contributed by atoms with Crippen molar-refractivity contribution in [1.29, 1.82) is 0 Å². The number of β-amino-alcohol motifs (C(OH)–C–C–N with tert-alkyl or cyclic N) is 1. The molecule has 9 heteroatoms. The Morgan fingerprint density at radius 3 is 2.43 bits per heavy atom. The maximum Gasteiger partial charge on any atom is 0.253 e. The molecule has 2 heterocycles. The summed E-state index contributed by atoms with van der Waals surface area (Å²) in [5.41, 5.74) is 4.54. The second kappa shape index (κ2) is 11.9. The number of carbonyl (C=O) groups is 2. The zero-order chi connectivity index (χ0) is 26.4. The van der Waals surface area contributed by atoms with E-state index in [0.717, 1.165) is 29.5 Å². The van der Waals surface area contributed by atoms with Crippen molar-refractivity contribution in [3.05, 3.63) is 59.2 Å². The quantitative estimate of drug-likeness (QED) is 0.332. The summed E-state index contributed by atoms with van der Waals surface area (Å²) in [6, 6.07) is 13.3. The third kappa shape index (κ3) is 6.11. The monoisotopic (exact) mass is 502 g/mol. The highest BCUT2D eigenvalue weighted by molar-refractivity contribution is 6.06. The van der Waals surface area contributed by atoms with E-state index in [1.807, 2.05) is 41.3 Å². The first-order valence-electron chi connectivity index (χ1n) is 12.8. The maximum absolute atomic E-state index is 13.3. The van der Waals surface area contributed by atoms with Gasteiger partial charge in [0.1, 0.15) is 0 Å². The van der Waals surface area contributed by atoms with Crippen LogP contribution < -0.4 is 5.84 Å². The summed E-state index contributed by atoms with van der Waals surface area (Å²) in [4.78, 5) is 34.3. The lowest BCUT2D eigenvalue weighted by atomic mass is 9.99.